The Balaban J connectivity index is -0.00000000167. The van der Waals surface area contributed by atoms with Crippen LogP contribution in [0.3, 0.4) is 0 Å². The van der Waals surface area contributed by atoms with Gasteiger partial charge in [-0.2, -0.15) is 0 Å². The van der Waals surface area contributed by atoms with E-state index in [1.54, 1.807) is 15.9 Å². The van der Waals surface area contributed by atoms with E-state index in [0.29, 0.717) is 0 Å². The van der Waals surface area contributed by atoms with Gasteiger partial charge in [0.05, 0.1) is 0 Å². The molecule has 1 nitrogen and oxygen atoms in total. The van der Waals surface area contributed by atoms with E-state index in [0.717, 1.165) is 0 Å². The van der Waals surface area contributed by atoms with Crippen molar-refractivity contribution in [3.63, 3.8) is 0 Å². The van der Waals surface area contributed by atoms with Crippen molar-refractivity contribution in [3.8, 4) is 0 Å². The van der Waals surface area contributed by atoms with E-state index in [1.807, 2.05) is 0 Å². The SMILES string of the molecule is [LiH].[Ni].[O]=[Mn].[SnH2]. The zero-order valence-electron chi connectivity index (χ0n) is 1.81. The molecule has 0 bridgehead atoms. The quantitative estimate of drug-likeness (QED) is 0.474. The first kappa shape index (κ1) is 27.0. The van der Waals surface area contributed by atoms with Crippen LogP contribution in [0, 0.1) is 0 Å². The summed E-state index contributed by atoms with van der Waals surface area (Å²) in [5.41, 5.74) is 0. The van der Waals surface area contributed by atoms with Crippen molar-refractivity contribution in [2.75, 3.05) is 0 Å². The average molecular weight is 258 g/mol. The maximum atomic E-state index is 8.06. The molecule has 5 heavy (non-hydrogen) atoms. The van der Waals surface area contributed by atoms with E-state index in [-0.39, 0.29) is 59.3 Å². The van der Waals surface area contributed by atoms with Crippen molar-refractivity contribution >= 4 is 42.8 Å². The Kier molecular flexibility index (Phi) is 186. The molecule has 0 saturated carbocycles. The molecule has 0 aromatic heterocycles. The van der Waals surface area contributed by atoms with Gasteiger partial charge in [0.25, 0.3) is 0 Å². The first-order valence-electron chi connectivity index (χ1n) is 0.154. The molecule has 0 amide bonds. The Morgan fingerprint density at radius 3 is 1.20 bits per heavy atom. The molecule has 0 fully saturated rings. The van der Waals surface area contributed by atoms with Crippen molar-refractivity contribution in [2.24, 2.45) is 0 Å². The summed E-state index contributed by atoms with van der Waals surface area (Å²) >= 11 is 1.69. The molecule has 0 aliphatic rings. The van der Waals surface area contributed by atoms with Crippen molar-refractivity contribution < 1.29 is 36.3 Å². The van der Waals surface area contributed by atoms with Crippen molar-refractivity contribution in [1.82, 2.24) is 0 Å². The van der Waals surface area contributed by atoms with Crippen LogP contribution in [-0.2, 0) is 36.3 Å². The molecule has 5 heteroatoms. The topological polar surface area (TPSA) is 17.1 Å². The van der Waals surface area contributed by atoms with Gasteiger partial charge < -0.3 is 0 Å². The predicted octanol–water partition coefficient (Wildman–Crippen LogP) is -1.69. The number of hydrogen-bond acceptors (Lipinski definition) is 1. The molecule has 0 aliphatic carbocycles. The average Bonchev–Trinajstić information content (AvgIpc) is 1.00. The normalized spacial score (nSPS) is 0.800. The fraction of sp³-hybridized carbons (Fsp3) is 0. The molecular weight excluding hydrogens is 255 g/mol. The summed E-state index contributed by atoms with van der Waals surface area (Å²) in [6, 6.07) is 0. The third-order valence-electron chi connectivity index (χ3n) is 0. The van der Waals surface area contributed by atoms with Crippen LogP contribution in [0.1, 0.15) is 0 Å². The van der Waals surface area contributed by atoms with Gasteiger partial charge in [0.1, 0.15) is 0 Å². The second-order valence-electron chi connectivity index (χ2n) is 0. The third kappa shape index (κ3) is 22.5. The van der Waals surface area contributed by atoms with Crippen LogP contribution in [0.4, 0.5) is 0 Å². The van der Waals surface area contributed by atoms with Gasteiger partial charge in [0.15, 0.2) is 0 Å². The molecule has 0 unspecified atom stereocenters. The zero-order chi connectivity index (χ0) is 2.00. The van der Waals surface area contributed by atoms with Gasteiger partial charge in [-0.25, -0.2) is 0 Å². The fourth-order valence-electron chi connectivity index (χ4n) is 0. The number of hydrogen-bond donors (Lipinski definition) is 0. The van der Waals surface area contributed by atoms with Crippen LogP contribution in [-0.4, -0.2) is 42.8 Å². The van der Waals surface area contributed by atoms with E-state index in [2.05, 4.69) is 0 Å². The molecule has 0 N–H and O–H groups in total. The molecule has 0 aromatic carbocycles. The summed E-state index contributed by atoms with van der Waals surface area (Å²) in [7, 11) is 0. The summed E-state index contributed by atoms with van der Waals surface area (Å²) in [4.78, 5) is 0. The minimum absolute atomic E-state index is 0. The van der Waals surface area contributed by atoms with Crippen LogP contribution in [0.25, 0.3) is 0 Å². The van der Waals surface area contributed by atoms with Gasteiger partial charge >= 0.3 is 62.5 Å². The number of rotatable bonds is 0. The van der Waals surface area contributed by atoms with E-state index in [1.165, 1.54) is 0 Å². The van der Waals surface area contributed by atoms with Gasteiger partial charge in [-0.05, 0) is 0 Å². The molecule has 0 spiro atoms. The van der Waals surface area contributed by atoms with Gasteiger partial charge in [0.2, 0.25) is 0 Å². The molecular formula is H3LiMnNiOSn. The maximum absolute atomic E-state index is 8.06. The van der Waals surface area contributed by atoms with E-state index in [9.17, 15) is 0 Å². The predicted molar refractivity (Wildman–Crippen MR) is 16.4 cm³/mol. The zero-order valence-corrected chi connectivity index (χ0v) is 8.01. The molecule has 0 heterocycles. The summed E-state index contributed by atoms with van der Waals surface area (Å²) in [6.07, 6.45) is 0. The molecule has 31 valence electrons. The summed E-state index contributed by atoms with van der Waals surface area (Å²) in [5, 5.41) is 0. The minimum atomic E-state index is 0. The molecule has 0 saturated heterocycles. The standard InChI is InChI=1S/Li.Mn.Ni.O.Sn.3H. The van der Waals surface area contributed by atoms with E-state index in [4.69, 9.17) is 3.83 Å². The van der Waals surface area contributed by atoms with Crippen LogP contribution >= 0.6 is 0 Å². The van der Waals surface area contributed by atoms with Gasteiger partial charge in [-0.1, -0.05) is 0 Å². The summed E-state index contributed by atoms with van der Waals surface area (Å²) in [5.74, 6) is 0. The Bertz CT molecular complexity index is 11.6. The first-order chi connectivity index (χ1) is 1.00. The van der Waals surface area contributed by atoms with Crippen molar-refractivity contribution in [1.29, 1.82) is 0 Å². The molecule has 0 atom stereocenters. The Morgan fingerprint density at radius 2 is 1.20 bits per heavy atom. The molecule has 0 aromatic rings. The summed E-state index contributed by atoms with van der Waals surface area (Å²) < 4.78 is 8.06. The monoisotopic (exact) mass is 259 g/mol. The van der Waals surface area contributed by atoms with Crippen LogP contribution in [0.5, 0.6) is 0 Å². The van der Waals surface area contributed by atoms with Gasteiger partial charge in [0, 0.05) is 16.5 Å². The van der Waals surface area contributed by atoms with Crippen molar-refractivity contribution in [3.05, 3.63) is 0 Å². The second kappa shape index (κ2) is 34.5. The van der Waals surface area contributed by atoms with E-state index < -0.39 is 0 Å². The Labute approximate surface area is 78.1 Å². The fourth-order valence-corrected chi connectivity index (χ4v) is 0. The molecule has 0 aliphatic heterocycles. The van der Waals surface area contributed by atoms with Crippen molar-refractivity contribution in [2.45, 2.75) is 0 Å². The van der Waals surface area contributed by atoms with Crippen LogP contribution < -0.4 is 0 Å². The van der Waals surface area contributed by atoms with Crippen LogP contribution in [0.2, 0.25) is 0 Å². The first-order valence-corrected chi connectivity index (χ1v) is 0.636. The van der Waals surface area contributed by atoms with E-state index >= 15 is 0 Å². The third-order valence-corrected chi connectivity index (χ3v) is 0. The van der Waals surface area contributed by atoms with Gasteiger partial charge in [-0.15, -0.1) is 0 Å². The Morgan fingerprint density at radius 1 is 1.20 bits per heavy atom. The second-order valence-corrected chi connectivity index (χ2v) is 0. The van der Waals surface area contributed by atoms with Crippen LogP contribution in [0.15, 0.2) is 0 Å². The molecule has 2 radical (unpaired) electrons. The van der Waals surface area contributed by atoms with Gasteiger partial charge in [-0.3, -0.25) is 0 Å². The Hall–Kier alpha value is 2.21. The summed E-state index contributed by atoms with van der Waals surface area (Å²) in [6.45, 7) is 0. The molecule has 0 rings (SSSR count).